The van der Waals surface area contributed by atoms with Gasteiger partial charge in [0.05, 0.1) is 83.0 Å². The zero-order valence-corrected chi connectivity index (χ0v) is 74.8. The molecule has 634 valence electrons. The van der Waals surface area contributed by atoms with E-state index in [0.29, 0.717) is 45.0 Å². The van der Waals surface area contributed by atoms with Crippen molar-refractivity contribution in [2.75, 3.05) is 9.80 Å². The van der Waals surface area contributed by atoms with Gasteiger partial charge in [0.2, 0.25) is 0 Å². The van der Waals surface area contributed by atoms with Gasteiger partial charge in [0.1, 0.15) is 0 Å². The van der Waals surface area contributed by atoms with Crippen LogP contribution in [0, 0.1) is 0 Å². The minimum absolute atomic E-state index is 0.0972. The fourth-order valence-corrected chi connectivity index (χ4v) is 22.3. The number of hydrogen-bond acceptors (Lipinski definition) is 2. The second kappa shape index (κ2) is 28.9. The number of para-hydroxylation sites is 6. The molecule has 26 aromatic rings. The Bertz CT molecular complexity index is 9300. The Morgan fingerprint density at radius 2 is 0.511 bits per heavy atom. The first-order chi connectivity index (χ1) is 71.3. The van der Waals surface area contributed by atoms with Gasteiger partial charge in [-0.15, -0.1) is 0 Å². The topological polar surface area (TPSA) is 25.2 Å². The van der Waals surface area contributed by atoms with Gasteiger partial charge in [-0.05, 0) is 226 Å². The third kappa shape index (κ3) is 11.6. The van der Waals surface area contributed by atoms with E-state index in [2.05, 4.69) is 285 Å². The fraction of sp³-hybridized carbons (Fsp3) is 0.0625. The van der Waals surface area contributed by atoms with Crippen molar-refractivity contribution in [1.82, 2.24) is 17.9 Å². The molecular formula is C128H89BN6. The zero-order valence-electron chi connectivity index (χ0n) is 86.8. The van der Waals surface area contributed by atoms with Gasteiger partial charge in [0.25, 0.3) is 6.71 Å². The second-order valence-electron chi connectivity index (χ2n) is 38.5. The highest BCUT2D eigenvalue weighted by atomic mass is 15.2. The number of rotatable bonds is 11. The van der Waals surface area contributed by atoms with Crippen molar-refractivity contribution in [2.24, 2.45) is 0 Å². The number of aromatic nitrogens is 4. The van der Waals surface area contributed by atoms with Gasteiger partial charge in [-0.2, -0.15) is 0 Å². The van der Waals surface area contributed by atoms with Crippen LogP contribution >= 0.6 is 0 Å². The summed E-state index contributed by atoms with van der Waals surface area (Å²) in [6.45, 7) is 12.9. The third-order valence-electron chi connectivity index (χ3n) is 28.7. The molecule has 0 atom stereocenters. The van der Waals surface area contributed by atoms with Crippen LogP contribution in [0.2, 0.25) is 0 Å². The average molecular weight is 1730 g/mol. The summed E-state index contributed by atoms with van der Waals surface area (Å²) in [4.78, 5) is 4.87. The van der Waals surface area contributed by atoms with Gasteiger partial charge in [-0.3, -0.25) is 0 Å². The molecule has 0 aliphatic carbocycles. The molecule has 6 nitrogen and oxygen atoms in total. The maximum absolute atomic E-state index is 10.9. The van der Waals surface area contributed by atoms with Crippen molar-refractivity contribution in [3.63, 3.8) is 0 Å². The molecule has 0 spiro atoms. The summed E-state index contributed by atoms with van der Waals surface area (Å²) in [5.74, 6) is 0. The molecule has 0 unspecified atom stereocenters. The van der Waals surface area contributed by atoms with Crippen LogP contribution in [-0.2, 0) is 10.8 Å². The van der Waals surface area contributed by atoms with Gasteiger partial charge in [0, 0.05) is 110 Å². The lowest BCUT2D eigenvalue weighted by atomic mass is 9.33. The highest BCUT2D eigenvalue weighted by molar-refractivity contribution is 7.00. The van der Waals surface area contributed by atoms with Crippen molar-refractivity contribution in [2.45, 2.75) is 52.4 Å². The Kier molecular flexibility index (Phi) is 14.1. The number of hydrogen-bond donors (Lipinski definition) is 0. The monoisotopic (exact) mass is 1730 g/mol. The van der Waals surface area contributed by atoms with Gasteiger partial charge in [-0.25, -0.2) is 0 Å². The normalized spacial score (nSPS) is 14.2. The largest absolute Gasteiger partial charge is 0.311 e. The number of benzene rings is 20. The molecule has 20 aromatic carbocycles. The minimum Gasteiger partial charge on any atom is -0.311 e. The Hall–Kier alpha value is -16.7. The number of nitrogens with zero attached hydrogens (tertiary/aromatic N) is 6. The van der Waals surface area contributed by atoms with Crippen molar-refractivity contribution in [1.29, 1.82) is 0 Å². The molecule has 0 amide bonds. The molecule has 0 radical (unpaired) electrons. The van der Waals surface area contributed by atoms with Crippen LogP contribution in [0.15, 0.2) is 430 Å². The van der Waals surface area contributed by atoms with Crippen LogP contribution in [0.5, 0.6) is 0 Å². The maximum Gasteiger partial charge on any atom is 0.252 e. The van der Waals surface area contributed by atoms with E-state index in [9.17, 15) is 16.4 Å². The van der Waals surface area contributed by atoms with E-state index in [4.69, 9.17) is 0 Å². The van der Waals surface area contributed by atoms with Gasteiger partial charge >= 0.3 is 0 Å². The van der Waals surface area contributed by atoms with Gasteiger partial charge < -0.3 is 27.7 Å². The van der Waals surface area contributed by atoms with E-state index >= 15 is 0 Å². The molecule has 0 saturated carbocycles. The first-order valence-corrected chi connectivity index (χ1v) is 46.4. The summed E-state index contributed by atoms with van der Waals surface area (Å²) >= 11 is 0. The van der Waals surface area contributed by atoms with Crippen LogP contribution in [0.1, 0.15) is 69.1 Å². The van der Waals surface area contributed by atoms with Crippen molar-refractivity contribution in [3.05, 3.63) is 442 Å². The standard InChI is InChI=1S/C128H89BN6/c1-127(2,3)90-63-86(64-91(75-90)128(4,5)6)87-73-122-124-123(74-87)133(111-46-26-20-40-95(111)89-67-106-98-43-23-29-49-114(98)135-115-50-30-24-44-99(115)107(68-89)126(106)135)121-77-93(131-118-71-84(80-35-15-9-16-36-80)53-59-102(118)103-60-54-85(72-119(103)131)81-37-17-10-18-38-81)56-62-109(121)129(124)108-61-55-92(130-116-69-82(78-31-11-7-12-32-78)51-57-100(116)101-58-52-83(70-117(101)130)79-33-13-8-14-34-79)76-120(108)132(122)110-45-25-19-39-94(110)88-65-104-96-41-21-27-47-112(96)134-113-48-28-22-42-97(113)105(66-88)125(104)134/h7-77H,1-6H3/i51D,52D,53D,54D,57D,58D,59D,60D,69D,70D,71D,72D. The summed E-state index contributed by atoms with van der Waals surface area (Å²) in [5.41, 5.74) is 25.4. The molecule has 0 fully saturated rings. The Balaban J connectivity index is 0.814. The maximum atomic E-state index is 10.9. The van der Waals surface area contributed by atoms with E-state index < -0.39 is 6.71 Å². The Morgan fingerprint density at radius 3 is 0.837 bits per heavy atom. The first-order valence-electron chi connectivity index (χ1n) is 52.4. The van der Waals surface area contributed by atoms with Crippen molar-refractivity contribution < 1.29 is 16.4 Å². The molecule has 135 heavy (non-hydrogen) atoms. The molecule has 6 aromatic heterocycles. The number of fused-ring (bicyclic) bond motifs is 22. The Morgan fingerprint density at radius 1 is 0.215 bits per heavy atom. The summed E-state index contributed by atoms with van der Waals surface area (Å²) in [5, 5.41) is 9.18. The average Bonchev–Trinajstić information content (AvgIpc) is 1.41. The van der Waals surface area contributed by atoms with Gasteiger partial charge in [0.15, 0.2) is 0 Å². The first kappa shape index (κ1) is 65.8. The van der Waals surface area contributed by atoms with E-state index in [1.165, 1.54) is 0 Å². The fourth-order valence-electron chi connectivity index (χ4n) is 22.3. The van der Waals surface area contributed by atoms with E-state index in [1.807, 2.05) is 143 Å². The summed E-state index contributed by atoms with van der Waals surface area (Å²) in [6, 6.07) is 121. The highest BCUT2D eigenvalue weighted by Crippen LogP contribution is 2.55. The van der Waals surface area contributed by atoms with Crippen molar-refractivity contribution >= 4 is 177 Å². The lowest BCUT2D eigenvalue weighted by Gasteiger charge is -2.45. The van der Waals surface area contributed by atoms with E-state index in [-0.39, 0.29) is 149 Å². The predicted octanol–water partition coefficient (Wildman–Crippen LogP) is 32.5. The van der Waals surface area contributed by atoms with Crippen LogP contribution in [-0.4, -0.2) is 24.6 Å². The molecule has 2 aliphatic rings. The van der Waals surface area contributed by atoms with Gasteiger partial charge in [-0.1, -0.05) is 351 Å². The minimum atomic E-state index is -0.737. The quantitative estimate of drug-likeness (QED) is 0.121. The molecule has 0 N–H and O–H groups in total. The highest BCUT2D eigenvalue weighted by Gasteiger charge is 2.46. The summed E-state index contributed by atoms with van der Waals surface area (Å²) < 4.78 is 134. The van der Waals surface area contributed by atoms with Crippen LogP contribution in [0.25, 0.3) is 209 Å². The summed E-state index contributed by atoms with van der Waals surface area (Å²) in [6.07, 6.45) is 0. The van der Waals surface area contributed by atoms with E-state index in [0.717, 1.165) is 160 Å². The molecule has 2 aliphatic heterocycles. The third-order valence-corrected chi connectivity index (χ3v) is 28.7. The lowest BCUT2D eigenvalue weighted by Crippen LogP contribution is -2.61. The zero-order chi connectivity index (χ0) is 100.0. The second-order valence-corrected chi connectivity index (χ2v) is 38.5. The smallest absolute Gasteiger partial charge is 0.252 e. The molecular weight excluding hydrogens is 1630 g/mol. The van der Waals surface area contributed by atoms with Crippen molar-refractivity contribution in [3.8, 4) is 89.3 Å². The Labute approximate surface area is 799 Å². The van der Waals surface area contributed by atoms with E-state index in [1.54, 1.807) is 0 Å². The number of anilines is 6. The molecule has 8 heterocycles. The summed E-state index contributed by atoms with van der Waals surface area (Å²) in [7, 11) is 0. The van der Waals surface area contributed by atoms with Crippen LogP contribution in [0.3, 0.4) is 0 Å². The molecule has 0 saturated heterocycles. The van der Waals surface area contributed by atoms with Crippen LogP contribution in [0.4, 0.5) is 34.1 Å². The molecule has 0 bridgehead atoms. The molecule has 7 heteroatoms. The predicted molar refractivity (Wildman–Crippen MR) is 574 cm³/mol. The lowest BCUT2D eigenvalue weighted by molar-refractivity contribution is 0.569. The van der Waals surface area contributed by atoms with Crippen LogP contribution < -0.4 is 26.2 Å². The molecule has 28 rings (SSSR count). The SMILES string of the molecule is [2H]c1c(-c2ccccc2)c([2H])c2c(c1[2H])c1c([2H])c([2H])c(-c3ccccc3)c([2H])c1n2-c1ccc2c(c1)N(c1ccccc1-c1cc3c4ccccc4n4c5ccccc5c(c1)c34)c1cc(-c3cc(C(C)(C)C)cc(C(C)(C)C)c3)cc3c1B2c1ccc(-n2c4c([2H])c(-c5ccccc5)c([2H])c([2H])c4c4c([2H])c([2H])c(-c5ccccc5)c([2H])c42)cc1N3c1ccccc1-c1cc2c3ccccc3n3c4ccccc4c(c1)c23.